The molecule has 0 spiro atoms. The van der Waals surface area contributed by atoms with Gasteiger partial charge < -0.3 is 5.32 Å². The molecule has 1 aromatic carbocycles. The van der Waals surface area contributed by atoms with Crippen LogP contribution in [-0.4, -0.2) is 46.6 Å². The van der Waals surface area contributed by atoms with E-state index in [0.29, 0.717) is 0 Å². The van der Waals surface area contributed by atoms with Crippen LogP contribution in [0.5, 0.6) is 0 Å². The maximum atomic E-state index is 4.51. The molecule has 5 heteroatoms. The normalized spacial score (nSPS) is 11.2. The van der Waals surface area contributed by atoms with Crippen LogP contribution in [0.4, 0.5) is 0 Å². The Bertz CT molecular complexity index is 494. The lowest BCUT2D eigenvalue weighted by molar-refractivity contribution is 0.320. The highest BCUT2D eigenvalue weighted by Crippen LogP contribution is 2.05. The van der Waals surface area contributed by atoms with Gasteiger partial charge in [-0.1, -0.05) is 25.1 Å². The van der Waals surface area contributed by atoms with E-state index < -0.39 is 0 Å². The van der Waals surface area contributed by atoms with E-state index in [0.717, 1.165) is 37.6 Å². The van der Waals surface area contributed by atoms with E-state index in [1.807, 2.05) is 36.5 Å². The number of rotatable bonds is 8. The Labute approximate surface area is 120 Å². The zero-order valence-electron chi connectivity index (χ0n) is 12.3. The largest absolute Gasteiger partial charge is 0.315 e. The molecule has 108 valence electrons. The Hall–Kier alpha value is -1.72. The molecule has 0 aliphatic carbocycles. The van der Waals surface area contributed by atoms with Gasteiger partial charge in [-0.3, -0.25) is 4.90 Å². The van der Waals surface area contributed by atoms with E-state index in [-0.39, 0.29) is 0 Å². The van der Waals surface area contributed by atoms with Crippen molar-refractivity contribution in [1.29, 1.82) is 0 Å². The van der Waals surface area contributed by atoms with Crippen LogP contribution < -0.4 is 5.32 Å². The zero-order chi connectivity index (χ0) is 14.2. The van der Waals surface area contributed by atoms with Crippen LogP contribution in [0.15, 0.2) is 36.5 Å². The predicted octanol–water partition coefficient (Wildman–Crippen LogP) is 1.70. The molecule has 1 aromatic heterocycles. The monoisotopic (exact) mass is 273 g/mol. The van der Waals surface area contributed by atoms with Crippen LogP contribution in [0.1, 0.15) is 19.0 Å². The number of aromatic nitrogens is 3. The van der Waals surface area contributed by atoms with Crippen molar-refractivity contribution in [3.63, 3.8) is 0 Å². The van der Waals surface area contributed by atoms with Gasteiger partial charge in [-0.2, -0.15) is 15.0 Å². The summed E-state index contributed by atoms with van der Waals surface area (Å²) in [6.07, 6.45) is 3.01. The van der Waals surface area contributed by atoms with E-state index in [9.17, 15) is 0 Å². The highest BCUT2D eigenvalue weighted by Gasteiger charge is 2.05. The molecule has 0 aliphatic rings. The molecule has 0 amide bonds. The fourth-order valence-corrected chi connectivity index (χ4v) is 1.98. The van der Waals surface area contributed by atoms with Gasteiger partial charge in [-0.15, -0.1) is 0 Å². The summed E-state index contributed by atoms with van der Waals surface area (Å²) in [6, 6.07) is 9.98. The van der Waals surface area contributed by atoms with Gasteiger partial charge in [0, 0.05) is 19.6 Å². The molecule has 0 bridgehead atoms. The molecule has 0 saturated carbocycles. The van der Waals surface area contributed by atoms with Crippen LogP contribution in [0.2, 0.25) is 0 Å². The Morgan fingerprint density at radius 2 is 2.00 bits per heavy atom. The van der Waals surface area contributed by atoms with E-state index >= 15 is 0 Å². The summed E-state index contributed by atoms with van der Waals surface area (Å²) < 4.78 is 0. The molecule has 0 saturated heterocycles. The van der Waals surface area contributed by atoms with Crippen molar-refractivity contribution in [3.05, 3.63) is 42.2 Å². The van der Waals surface area contributed by atoms with E-state index in [4.69, 9.17) is 0 Å². The molecule has 0 radical (unpaired) electrons. The van der Waals surface area contributed by atoms with Gasteiger partial charge in [-0.05, 0) is 32.1 Å². The third-order valence-electron chi connectivity index (χ3n) is 3.06. The molecule has 5 nitrogen and oxygen atoms in total. The Morgan fingerprint density at radius 1 is 1.20 bits per heavy atom. The average Bonchev–Trinajstić information content (AvgIpc) is 2.93. The lowest BCUT2D eigenvalue weighted by Gasteiger charge is -2.14. The minimum atomic E-state index is 0.820. The standard InChI is InChI=1S/C15H23N5/c1-3-9-16-10-11-19(2)13-14-12-17-20(18-14)15-7-5-4-6-8-15/h4-8,12,16H,3,9-11,13H2,1-2H3. The first-order valence-corrected chi connectivity index (χ1v) is 7.15. The molecular formula is C15H23N5. The smallest absolute Gasteiger partial charge is 0.0971 e. The fourth-order valence-electron chi connectivity index (χ4n) is 1.98. The van der Waals surface area contributed by atoms with Crippen LogP contribution >= 0.6 is 0 Å². The van der Waals surface area contributed by atoms with Gasteiger partial charge in [0.15, 0.2) is 0 Å². The second-order valence-corrected chi connectivity index (χ2v) is 4.95. The number of nitrogens with zero attached hydrogens (tertiary/aromatic N) is 4. The van der Waals surface area contributed by atoms with Crippen molar-refractivity contribution in [2.75, 3.05) is 26.7 Å². The van der Waals surface area contributed by atoms with Crippen molar-refractivity contribution in [3.8, 4) is 5.69 Å². The zero-order valence-corrected chi connectivity index (χ0v) is 12.3. The number of nitrogens with one attached hydrogen (secondary N) is 1. The van der Waals surface area contributed by atoms with Crippen LogP contribution in [0, 0.1) is 0 Å². The summed E-state index contributed by atoms with van der Waals surface area (Å²) in [5.41, 5.74) is 1.98. The summed E-state index contributed by atoms with van der Waals surface area (Å²) in [4.78, 5) is 3.93. The van der Waals surface area contributed by atoms with Gasteiger partial charge in [-0.25, -0.2) is 0 Å². The lowest BCUT2D eigenvalue weighted by Crippen LogP contribution is -2.29. The number of hydrogen-bond acceptors (Lipinski definition) is 4. The number of likely N-dealkylation sites (N-methyl/N-ethyl adjacent to an activating group) is 1. The molecule has 0 unspecified atom stereocenters. The summed E-state index contributed by atoms with van der Waals surface area (Å²) >= 11 is 0. The van der Waals surface area contributed by atoms with Crippen LogP contribution in [-0.2, 0) is 6.54 Å². The van der Waals surface area contributed by atoms with Gasteiger partial charge in [0.05, 0.1) is 17.6 Å². The minimum absolute atomic E-state index is 0.820. The summed E-state index contributed by atoms with van der Waals surface area (Å²) in [5.74, 6) is 0. The van der Waals surface area contributed by atoms with Crippen molar-refractivity contribution >= 4 is 0 Å². The van der Waals surface area contributed by atoms with Gasteiger partial charge in [0.2, 0.25) is 0 Å². The first-order chi connectivity index (χ1) is 9.79. The summed E-state index contributed by atoms with van der Waals surface area (Å²) in [6.45, 7) is 6.10. The fraction of sp³-hybridized carbons (Fsp3) is 0.467. The molecule has 0 fully saturated rings. The van der Waals surface area contributed by atoms with Crippen molar-refractivity contribution in [1.82, 2.24) is 25.2 Å². The second kappa shape index (κ2) is 7.77. The molecular weight excluding hydrogens is 250 g/mol. The second-order valence-electron chi connectivity index (χ2n) is 4.95. The molecule has 20 heavy (non-hydrogen) atoms. The molecule has 0 aliphatic heterocycles. The Balaban J connectivity index is 1.83. The maximum Gasteiger partial charge on any atom is 0.0971 e. The topological polar surface area (TPSA) is 46.0 Å². The van der Waals surface area contributed by atoms with E-state index in [2.05, 4.69) is 34.4 Å². The highest BCUT2D eigenvalue weighted by molar-refractivity contribution is 5.28. The van der Waals surface area contributed by atoms with Crippen LogP contribution in [0.25, 0.3) is 5.69 Å². The average molecular weight is 273 g/mol. The van der Waals surface area contributed by atoms with Crippen molar-refractivity contribution in [2.24, 2.45) is 0 Å². The highest BCUT2D eigenvalue weighted by atomic mass is 15.5. The number of para-hydroxylation sites is 1. The maximum absolute atomic E-state index is 4.51. The first kappa shape index (κ1) is 14.7. The number of benzene rings is 1. The first-order valence-electron chi connectivity index (χ1n) is 7.15. The van der Waals surface area contributed by atoms with Crippen molar-refractivity contribution in [2.45, 2.75) is 19.9 Å². The predicted molar refractivity (Wildman–Crippen MR) is 80.9 cm³/mol. The van der Waals surface area contributed by atoms with Gasteiger partial charge >= 0.3 is 0 Å². The summed E-state index contributed by atoms with van der Waals surface area (Å²) in [7, 11) is 2.11. The molecule has 1 N–H and O–H groups in total. The Morgan fingerprint density at radius 3 is 2.75 bits per heavy atom. The third-order valence-corrected chi connectivity index (χ3v) is 3.06. The molecule has 0 atom stereocenters. The molecule has 2 aromatic rings. The SMILES string of the molecule is CCCNCCN(C)Cc1cnn(-c2ccccc2)n1. The lowest BCUT2D eigenvalue weighted by atomic mass is 10.3. The van der Waals surface area contributed by atoms with Gasteiger partial charge in [0.25, 0.3) is 0 Å². The molecule has 2 rings (SSSR count). The van der Waals surface area contributed by atoms with Crippen LogP contribution in [0.3, 0.4) is 0 Å². The number of hydrogen-bond donors (Lipinski definition) is 1. The van der Waals surface area contributed by atoms with Crippen molar-refractivity contribution < 1.29 is 0 Å². The van der Waals surface area contributed by atoms with E-state index in [1.54, 1.807) is 4.80 Å². The Kier molecular flexibility index (Phi) is 5.70. The third kappa shape index (κ3) is 4.43. The minimum Gasteiger partial charge on any atom is -0.315 e. The quantitative estimate of drug-likeness (QED) is 0.744. The van der Waals surface area contributed by atoms with Gasteiger partial charge in [0.1, 0.15) is 0 Å². The molecule has 1 heterocycles. The summed E-state index contributed by atoms with van der Waals surface area (Å²) in [5, 5.41) is 12.2. The van der Waals surface area contributed by atoms with E-state index in [1.165, 1.54) is 6.42 Å².